The number of hydrogen-bond donors (Lipinski definition) is 0. The number of carbonyl (C=O) groups excluding carboxylic acids is 2. The summed E-state index contributed by atoms with van der Waals surface area (Å²) < 4.78 is 7.16. The van der Waals surface area contributed by atoms with Gasteiger partial charge in [-0.25, -0.2) is 0 Å². The molecule has 0 amide bonds. The van der Waals surface area contributed by atoms with Crippen LogP contribution in [0.25, 0.3) is 0 Å². The van der Waals surface area contributed by atoms with Gasteiger partial charge in [0.1, 0.15) is 13.1 Å². The van der Waals surface area contributed by atoms with Crippen molar-refractivity contribution < 1.29 is 35.8 Å². The second-order valence-electron chi connectivity index (χ2n) is 10.7. The van der Waals surface area contributed by atoms with E-state index >= 15 is 0 Å². The van der Waals surface area contributed by atoms with E-state index in [1.54, 1.807) is 18.6 Å². The Morgan fingerprint density at radius 2 is 1.71 bits per heavy atom. The second-order valence-corrected chi connectivity index (χ2v) is 10.7. The molecule has 6 rings (SSSR count). The first-order valence-corrected chi connectivity index (χ1v) is 13.0. The highest BCUT2D eigenvalue weighted by molar-refractivity contribution is 5.83. The molecule has 3 saturated heterocycles. The minimum absolute atomic E-state index is 0. The molecule has 188 valence electrons. The smallest absolute Gasteiger partial charge is 0.317 e. The van der Waals surface area contributed by atoms with Gasteiger partial charge in [-0.15, -0.1) is 0 Å². The Kier molecular flexibility index (Phi) is 8.38. The molecule has 0 unspecified atom stereocenters. The Balaban J connectivity index is 0.00000289. The molecule has 0 radical (unpaired) electrons. The lowest BCUT2D eigenvalue weighted by Crippen LogP contribution is -3.00. The number of aromatic nitrogens is 2. The maximum absolute atomic E-state index is 13.9. The van der Waals surface area contributed by atoms with E-state index in [1.165, 1.54) is 12.8 Å². The highest BCUT2D eigenvalue weighted by Crippen LogP contribution is 2.42. The van der Waals surface area contributed by atoms with Crippen LogP contribution in [0.5, 0.6) is 0 Å². The van der Waals surface area contributed by atoms with Gasteiger partial charge in [-0.2, -0.15) is 0 Å². The lowest BCUT2D eigenvalue weighted by atomic mass is 9.74. The van der Waals surface area contributed by atoms with Crippen LogP contribution in [-0.4, -0.2) is 58.5 Å². The van der Waals surface area contributed by atoms with Crippen LogP contribution in [0.1, 0.15) is 62.6 Å². The lowest BCUT2D eigenvalue weighted by Gasteiger charge is -2.52. The van der Waals surface area contributed by atoms with Crippen LogP contribution in [0.2, 0.25) is 0 Å². The first kappa shape index (κ1) is 26.0. The van der Waals surface area contributed by atoms with Gasteiger partial charge in [-0.3, -0.25) is 19.6 Å². The lowest BCUT2D eigenvalue weighted by molar-refractivity contribution is -0.939. The number of ketones is 1. The number of hydrogen-bond acceptors (Lipinski definition) is 5. The molecule has 1 saturated carbocycles. The van der Waals surface area contributed by atoms with Crippen molar-refractivity contribution in [2.24, 2.45) is 5.92 Å². The van der Waals surface area contributed by atoms with E-state index in [1.807, 2.05) is 18.2 Å². The van der Waals surface area contributed by atoms with Gasteiger partial charge in [0.15, 0.2) is 11.9 Å². The largest absolute Gasteiger partial charge is 1.00 e. The number of fused-ring (bicyclic) bond motifs is 3. The number of ether oxygens (including phenoxy) is 1. The first-order valence-electron chi connectivity index (χ1n) is 13.0. The van der Waals surface area contributed by atoms with Crippen LogP contribution in [0, 0.1) is 5.92 Å². The van der Waals surface area contributed by atoms with E-state index < -0.39 is 5.41 Å². The van der Waals surface area contributed by atoms with Gasteiger partial charge < -0.3 is 26.2 Å². The first-order chi connectivity index (χ1) is 16.6. The number of piperidine rings is 3. The molecular formula is C28H36BrN3O3. The number of benzene rings is 1. The number of carbonyl (C=O) groups is 2. The van der Waals surface area contributed by atoms with Crippen LogP contribution in [-0.2, 0) is 26.2 Å². The van der Waals surface area contributed by atoms with Crippen molar-refractivity contribution in [3.63, 3.8) is 0 Å². The van der Waals surface area contributed by atoms with Crippen LogP contribution in [0.3, 0.4) is 0 Å². The average molecular weight is 543 g/mol. The summed E-state index contributed by atoms with van der Waals surface area (Å²) in [5.41, 5.74) is 1.29. The van der Waals surface area contributed by atoms with Crippen LogP contribution < -0.4 is 17.0 Å². The molecular weight excluding hydrogens is 506 g/mol. The zero-order chi connectivity index (χ0) is 23.4. The quantitative estimate of drug-likeness (QED) is 0.297. The molecule has 1 atom stereocenters. The molecule has 1 aliphatic carbocycles. The van der Waals surface area contributed by atoms with E-state index in [9.17, 15) is 9.59 Å². The van der Waals surface area contributed by atoms with Crippen molar-refractivity contribution in [3.8, 4) is 0 Å². The van der Waals surface area contributed by atoms with Crippen molar-refractivity contribution in [1.29, 1.82) is 0 Å². The van der Waals surface area contributed by atoms with Crippen molar-refractivity contribution >= 4 is 11.8 Å². The van der Waals surface area contributed by atoms with Gasteiger partial charge in [0.05, 0.1) is 30.6 Å². The van der Waals surface area contributed by atoms with E-state index in [4.69, 9.17) is 4.74 Å². The normalized spacial score (nSPS) is 27.3. The summed E-state index contributed by atoms with van der Waals surface area (Å²) >= 11 is 0. The molecule has 2 aromatic rings. The Hall–Kier alpha value is -2.12. The van der Waals surface area contributed by atoms with E-state index in [-0.39, 0.29) is 34.8 Å². The van der Waals surface area contributed by atoms with Gasteiger partial charge in [-0.1, -0.05) is 56.0 Å². The van der Waals surface area contributed by atoms with Crippen LogP contribution >= 0.6 is 0 Å². The van der Waals surface area contributed by atoms with Crippen molar-refractivity contribution in [2.45, 2.75) is 69.3 Å². The van der Waals surface area contributed by atoms with Crippen LogP contribution in [0.4, 0.5) is 0 Å². The number of Topliss-reactive ketones (excluding diaryl/α,β-unsaturated/α-hetero) is 1. The molecule has 0 N–H and O–H groups in total. The molecule has 3 aliphatic heterocycles. The summed E-state index contributed by atoms with van der Waals surface area (Å²) in [5, 5.41) is 0. The number of esters is 1. The maximum atomic E-state index is 13.9. The third-order valence-electron chi connectivity index (χ3n) is 8.48. The molecule has 2 bridgehead atoms. The molecule has 4 aliphatic rings. The molecule has 1 aromatic heterocycles. The van der Waals surface area contributed by atoms with Crippen molar-refractivity contribution in [3.05, 3.63) is 60.2 Å². The standard InChI is InChI=1S/C28H36N3O3.BrH/c32-25(18-24-19-29-14-15-30-24)20-31-16-10-22(11-17-31)26(21-31)34-27(33)28(12-6-1-2-7-13-28)23-8-4-3-5-9-23;/h3-5,8-9,14-15,19,22,26H,1-2,6-7,10-13,16-18,20-21H2;1H/q+1;/p-1/t22?,26-,31?;/m0./s1. The summed E-state index contributed by atoms with van der Waals surface area (Å²) in [6, 6.07) is 10.3. The predicted octanol–water partition coefficient (Wildman–Crippen LogP) is 1.04. The van der Waals surface area contributed by atoms with Gasteiger partial charge >= 0.3 is 5.97 Å². The van der Waals surface area contributed by atoms with Gasteiger partial charge in [0.2, 0.25) is 0 Å². The molecule has 35 heavy (non-hydrogen) atoms. The Morgan fingerprint density at radius 3 is 2.37 bits per heavy atom. The Bertz CT molecular complexity index is 985. The van der Waals surface area contributed by atoms with E-state index in [0.717, 1.165) is 73.9 Å². The minimum atomic E-state index is -0.531. The molecule has 1 aromatic carbocycles. The molecule has 4 fully saturated rings. The molecule has 0 spiro atoms. The minimum Gasteiger partial charge on any atom is -1.00 e. The van der Waals surface area contributed by atoms with Crippen LogP contribution in [0.15, 0.2) is 48.9 Å². The van der Waals surface area contributed by atoms with Crippen molar-refractivity contribution in [2.75, 3.05) is 26.2 Å². The fourth-order valence-electron chi connectivity index (χ4n) is 6.58. The predicted molar refractivity (Wildman–Crippen MR) is 129 cm³/mol. The third-order valence-corrected chi connectivity index (χ3v) is 8.48. The summed E-state index contributed by atoms with van der Waals surface area (Å²) in [6.45, 7) is 3.23. The zero-order valence-corrected chi connectivity index (χ0v) is 22.0. The highest BCUT2D eigenvalue weighted by atomic mass is 79.9. The number of halogens is 1. The van der Waals surface area contributed by atoms with Crippen molar-refractivity contribution in [1.82, 2.24) is 9.97 Å². The van der Waals surface area contributed by atoms with E-state index in [2.05, 4.69) is 22.1 Å². The highest BCUT2D eigenvalue weighted by Gasteiger charge is 2.50. The summed E-state index contributed by atoms with van der Waals surface area (Å²) in [4.78, 5) is 35.1. The molecule has 7 heteroatoms. The second kappa shape index (κ2) is 11.3. The maximum Gasteiger partial charge on any atom is 0.317 e. The zero-order valence-electron chi connectivity index (χ0n) is 20.4. The Labute approximate surface area is 218 Å². The average Bonchev–Trinajstić information content (AvgIpc) is 3.13. The van der Waals surface area contributed by atoms with Gasteiger partial charge in [0, 0.05) is 37.4 Å². The Morgan fingerprint density at radius 1 is 1.00 bits per heavy atom. The number of quaternary nitrogens is 1. The summed E-state index contributed by atoms with van der Waals surface area (Å²) in [6.07, 6.45) is 13.4. The number of rotatable bonds is 7. The summed E-state index contributed by atoms with van der Waals surface area (Å²) in [5.74, 6) is 0.566. The fourth-order valence-corrected chi connectivity index (χ4v) is 6.58. The molecule has 4 heterocycles. The third kappa shape index (κ3) is 5.67. The summed E-state index contributed by atoms with van der Waals surface area (Å²) in [7, 11) is 0. The fraction of sp³-hybridized carbons (Fsp3) is 0.571. The van der Waals surface area contributed by atoms with E-state index in [0.29, 0.717) is 18.9 Å². The SMILES string of the molecule is O=C(Cc1cnccn1)C[N+]12CCC(CC1)[C@@H](OC(=O)C1(c3ccccc3)CCCCCC1)C2.[Br-]. The number of nitrogens with zero attached hydrogens (tertiary/aromatic N) is 3. The monoisotopic (exact) mass is 541 g/mol. The van der Waals surface area contributed by atoms with Gasteiger partial charge in [-0.05, 0) is 18.4 Å². The topological polar surface area (TPSA) is 69.2 Å². The van der Waals surface area contributed by atoms with Gasteiger partial charge in [0.25, 0.3) is 0 Å². The molecule has 6 nitrogen and oxygen atoms in total.